The largest absolute Gasteiger partial charge is 0.336 e. The summed E-state index contributed by atoms with van der Waals surface area (Å²) >= 11 is 3.18. The molecular weight excluding hydrogens is 314 g/mol. The van der Waals surface area contributed by atoms with Gasteiger partial charge < -0.3 is 10.6 Å². The Labute approximate surface area is 136 Å². The van der Waals surface area contributed by atoms with Crippen LogP contribution in [0.4, 0.5) is 0 Å². The standard InChI is InChI=1S/C16H15N3OS2/c17-10-7-8-19(9-10)16(20)14-6-5-13(21-14)15-18-11-3-1-2-4-12(11)22-15/h1-6,10H,7-9,17H2/t10-/m1/s1. The second kappa shape index (κ2) is 5.46. The lowest BCUT2D eigenvalue weighted by atomic mass is 10.3. The van der Waals surface area contributed by atoms with Crippen LogP contribution in [0, 0.1) is 0 Å². The van der Waals surface area contributed by atoms with Crippen LogP contribution in [0.1, 0.15) is 16.1 Å². The fourth-order valence-corrected chi connectivity index (χ4v) is 4.67. The summed E-state index contributed by atoms with van der Waals surface area (Å²) in [6.07, 6.45) is 0.891. The molecule has 4 nitrogen and oxygen atoms in total. The van der Waals surface area contributed by atoms with Crippen LogP contribution < -0.4 is 5.73 Å². The summed E-state index contributed by atoms with van der Waals surface area (Å²) in [5.41, 5.74) is 6.89. The summed E-state index contributed by atoms with van der Waals surface area (Å²) in [5, 5.41) is 0.975. The first-order valence-corrected chi connectivity index (χ1v) is 8.84. The maximum Gasteiger partial charge on any atom is 0.263 e. The molecule has 2 aromatic heterocycles. The van der Waals surface area contributed by atoms with Crippen LogP contribution in [0.3, 0.4) is 0 Å². The van der Waals surface area contributed by atoms with Gasteiger partial charge in [0, 0.05) is 19.1 Å². The molecule has 1 amide bonds. The highest BCUT2D eigenvalue weighted by Crippen LogP contribution is 2.34. The Hall–Kier alpha value is -1.76. The second-order valence-electron chi connectivity index (χ2n) is 5.45. The third-order valence-electron chi connectivity index (χ3n) is 3.83. The normalized spacial score (nSPS) is 18.2. The van der Waals surface area contributed by atoms with Gasteiger partial charge in [-0.05, 0) is 30.7 Å². The van der Waals surface area contributed by atoms with E-state index >= 15 is 0 Å². The molecule has 4 rings (SSSR count). The van der Waals surface area contributed by atoms with E-state index in [9.17, 15) is 4.79 Å². The molecular formula is C16H15N3OS2. The number of hydrogen-bond donors (Lipinski definition) is 1. The number of aromatic nitrogens is 1. The van der Waals surface area contributed by atoms with Crippen LogP contribution in [0.15, 0.2) is 36.4 Å². The molecule has 0 radical (unpaired) electrons. The number of rotatable bonds is 2. The summed E-state index contributed by atoms with van der Waals surface area (Å²) in [4.78, 5) is 20.8. The molecule has 1 aliphatic heterocycles. The Bertz CT molecular complexity index is 806. The Kier molecular flexibility index (Phi) is 3.44. The van der Waals surface area contributed by atoms with Gasteiger partial charge in [0.15, 0.2) is 0 Å². The monoisotopic (exact) mass is 329 g/mol. The molecule has 1 saturated heterocycles. The molecule has 0 saturated carbocycles. The first-order valence-electron chi connectivity index (χ1n) is 7.21. The lowest BCUT2D eigenvalue weighted by Crippen LogP contribution is -2.31. The van der Waals surface area contributed by atoms with E-state index in [0.29, 0.717) is 6.54 Å². The van der Waals surface area contributed by atoms with Gasteiger partial charge in [-0.25, -0.2) is 4.98 Å². The van der Waals surface area contributed by atoms with Crippen molar-refractivity contribution in [3.8, 4) is 9.88 Å². The summed E-state index contributed by atoms with van der Waals surface area (Å²) < 4.78 is 1.17. The van der Waals surface area contributed by atoms with Gasteiger partial charge in [0.05, 0.1) is 20.0 Å². The number of fused-ring (bicyclic) bond motifs is 1. The summed E-state index contributed by atoms with van der Waals surface area (Å²) in [6, 6.07) is 12.1. The van der Waals surface area contributed by atoms with Crippen molar-refractivity contribution in [3.63, 3.8) is 0 Å². The van der Waals surface area contributed by atoms with E-state index in [4.69, 9.17) is 5.73 Å². The number of benzene rings is 1. The van der Waals surface area contributed by atoms with Crippen LogP contribution >= 0.6 is 22.7 Å². The van der Waals surface area contributed by atoms with Gasteiger partial charge >= 0.3 is 0 Å². The highest BCUT2D eigenvalue weighted by Gasteiger charge is 2.25. The van der Waals surface area contributed by atoms with E-state index in [1.54, 1.807) is 11.3 Å². The molecule has 0 aliphatic carbocycles. The van der Waals surface area contributed by atoms with E-state index in [2.05, 4.69) is 11.1 Å². The van der Waals surface area contributed by atoms with Gasteiger partial charge in [0.1, 0.15) is 5.01 Å². The third-order valence-corrected chi connectivity index (χ3v) is 6.11. The first kappa shape index (κ1) is 13.9. The molecule has 3 heterocycles. The van der Waals surface area contributed by atoms with Gasteiger partial charge in [-0.2, -0.15) is 0 Å². The van der Waals surface area contributed by atoms with E-state index < -0.39 is 0 Å². The highest BCUT2D eigenvalue weighted by atomic mass is 32.1. The Morgan fingerprint density at radius 3 is 2.86 bits per heavy atom. The molecule has 1 fully saturated rings. The van der Waals surface area contributed by atoms with E-state index in [0.717, 1.165) is 33.2 Å². The van der Waals surface area contributed by atoms with E-state index in [-0.39, 0.29) is 11.9 Å². The van der Waals surface area contributed by atoms with Crippen molar-refractivity contribution in [2.75, 3.05) is 13.1 Å². The van der Waals surface area contributed by atoms with Crippen molar-refractivity contribution >= 4 is 38.8 Å². The van der Waals surface area contributed by atoms with Gasteiger partial charge in [-0.3, -0.25) is 4.79 Å². The Morgan fingerprint density at radius 1 is 1.23 bits per heavy atom. The van der Waals surface area contributed by atoms with Crippen LogP contribution in [0.25, 0.3) is 20.1 Å². The van der Waals surface area contributed by atoms with Gasteiger partial charge in [-0.15, -0.1) is 22.7 Å². The van der Waals surface area contributed by atoms with Crippen molar-refractivity contribution in [1.29, 1.82) is 0 Å². The number of hydrogen-bond acceptors (Lipinski definition) is 5. The average Bonchev–Trinajstić information content (AvgIpc) is 3.24. The number of thiophene rings is 1. The van der Waals surface area contributed by atoms with Gasteiger partial charge in [0.2, 0.25) is 0 Å². The maximum atomic E-state index is 12.5. The highest BCUT2D eigenvalue weighted by molar-refractivity contribution is 7.26. The van der Waals surface area contributed by atoms with Crippen LogP contribution in [0.2, 0.25) is 0 Å². The van der Waals surface area contributed by atoms with Crippen molar-refractivity contribution in [2.24, 2.45) is 5.73 Å². The van der Waals surface area contributed by atoms with E-state index in [1.165, 1.54) is 16.0 Å². The smallest absolute Gasteiger partial charge is 0.263 e. The second-order valence-corrected chi connectivity index (χ2v) is 7.56. The van der Waals surface area contributed by atoms with E-state index in [1.807, 2.05) is 35.2 Å². The molecule has 1 atom stereocenters. The number of para-hydroxylation sites is 1. The Balaban J connectivity index is 1.62. The Morgan fingerprint density at radius 2 is 2.09 bits per heavy atom. The number of likely N-dealkylation sites (tertiary alicyclic amines) is 1. The fraction of sp³-hybridized carbons (Fsp3) is 0.250. The fourth-order valence-electron chi connectivity index (χ4n) is 2.67. The number of nitrogens with two attached hydrogens (primary N) is 1. The third kappa shape index (κ3) is 2.43. The first-order chi connectivity index (χ1) is 10.7. The molecule has 1 aliphatic rings. The number of amides is 1. The summed E-state index contributed by atoms with van der Waals surface area (Å²) in [6.45, 7) is 1.42. The lowest BCUT2D eigenvalue weighted by molar-refractivity contribution is 0.0795. The number of carbonyl (C=O) groups excluding carboxylic acids is 1. The molecule has 2 N–H and O–H groups in total. The minimum absolute atomic E-state index is 0.0883. The maximum absolute atomic E-state index is 12.5. The minimum atomic E-state index is 0.0883. The van der Waals surface area contributed by atoms with Crippen molar-refractivity contribution < 1.29 is 4.79 Å². The van der Waals surface area contributed by atoms with Crippen molar-refractivity contribution in [3.05, 3.63) is 41.3 Å². The quantitative estimate of drug-likeness (QED) is 0.785. The lowest BCUT2D eigenvalue weighted by Gasteiger charge is -2.14. The zero-order valence-corrected chi connectivity index (χ0v) is 13.5. The SMILES string of the molecule is N[C@@H]1CCN(C(=O)c2ccc(-c3nc4ccccc4s3)s2)C1. The molecule has 6 heteroatoms. The molecule has 22 heavy (non-hydrogen) atoms. The molecule has 1 aromatic carbocycles. The zero-order chi connectivity index (χ0) is 15.1. The zero-order valence-electron chi connectivity index (χ0n) is 11.9. The summed E-state index contributed by atoms with van der Waals surface area (Å²) in [7, 11) is 0. The average molecular weight is 329 g/mol. The minimum Gasteiger partial charge on any atom is -0.336 e. The summed E-state index contributed by atoms with van der Waals surface area (Å²) in [5.74, 6) is 0.0883. The molecule has 112 valence electrons. The van der Waals surface area contributed by atoms with Gasteiger partial charge in [0.25, 0.3) is 5.91 Å². The van der Waals surface area contributed by atoms with Crippen LogP contribution in [0.5, 0.6) is 0 Å². The number of thiazole rings is 1. The predicted molar refractivity (Wildman–Crippen MR) is 91.4 cm³/mol. The van der Waals surface area contributed by atoms with Crippen molar-refractivity contribution in [2.45, 2.75) is 12.5 Å². The number of nitrogens with zero attached hydrogens (tertiary/aromatic N) is 2. The molecule has 0 bridgehead atoms. The van der Waals surface area contributed by atoms with Crippen molar-refractivity contribution in [1.82, 2.24) is 9.88 Å². The van der Waals surface area contributed by atoms with Crippen LogP contribution in [-0.2, 0) is 0 Å². The number of carbonyl (C=O) groups is 1. The van der Waals surface area contributed by atoms with Gasteiger partial charge in [-0.1, -0.05) is 12.1 Å². The topological polar surface area (TPSA) is 59.2 Å². The van der Waals surface area contributed by atoms with Crippen LogP contribution in [-0.4, -0.2) is 34.9 Å². The molecule has 0 spiro atoms. The predicted octanol–water partition coefficient (Wildman–Crippen LogP) is 3.20. The molecule has 0 unspecified atom stereocenters. The molecule has 3 aromatic rings.